The summed E-state index contributed by atoms with van der Waals surface area (Å²) in [5, 5.41) is 0.600. The summed E-state index contributed by atoms with van der Waals surface area (Å²) in [4.78, 5) is 0. The lowest BCUT2D eigenvalue weighted by molar-refractivity contribution is 0.273. The Balaban J connectivity index is 2.00. The lowest BCUT2D eigenvalue weighted by atomic mass is 10.1. The number of para-hydroxylation sites is 1. The molecule has 90 valence electrons. The second-order valence-corrected chi connectivity index (χ2v) is 4.10. The molecule has 0 amide bonds. The first-order chi connectivity index (χ1) is 8.31. The predicted octanol–water partition coefficient (Wildman–Crippen LogP) is 3.05. The minimum atomic E-state index is 0.0428. The number of benzene rings is 1. The predicted molar refractivity (Wildman–Crippen MR) is 67.5 cm³/mol. The van der Waals surface area contributed by atoms with Crippen molar-refractivity contribution in [2.45, 2.75) is 5.92 Å². The van der Waals surface area contributed by atoms with Crippen LogP contribution in [-0.4, -0.2) is 13.2 Å². The fourth-order valence-electron chi connectivity index (χ4n) is 1.54. The smallest absolute Gasteiger partial charge is 0.137 e. The Kier molecular flexibility index (Phi) is 4.07. The third kappa shape index (κ3) is 3.02. The molecular weight excluding hydrogens is 238 g/mol. The maximum atomic E-state index is 6.00. The van der Waals surface area contributed by atoms with E-state index in [1.807, 2.05) is 30.3 Å². The molecule has 0 aliphatic rings. The molecule has 1 aromatic carbocycles. The summed E-state index contributed by atoms with van der Waals surface area (Å²) in [5.41, 5.74) is 5.69. The van der Waals surface area contributed by atoms with Crippen molar-refractivity contribution in [3.8, 4) is 5.75 Å². The quantitative estimate of drug-likeness (QED) is 0.889. The highest BCUT2D eigenvalue weighted by molar-refractivity contribution is 6.32. The number of hydrogen-bond acceptors (Lipinski definition) is 3. The molecule has 1 atom stereocenters. The average Bonchev–Trinajstić information content (AvgIpc) is 2.86. The van der Waals surface area contributed by atoms with E-state index in [0.29, 0.717) is 23.9 Å². The fourth-order valence-corrected chi connectivity index (χ4v) is 1.73. The number of ether oxygens (including phenoxy) is 1. The number of nitrogens with two attached hydrogens (primary N) is 1. The van der Waals surface area contributed by atoms with Crippen LogP contribution in [0.5, 0.6) is 5.75 Å². The van der Waals surface area contributed by atoms with Gasteiger partial charge in [-0.05, 0) is 24.3 Å². The third-order valence-corrected chi connectivity index (χ3v) is 2.82. The van der Waals surface area contributed by atoms with Gasteiger partial charge in [0.05, 0.1) is 23.8 Å². The second-order valence-electron chi connectivity index (χ2n) is 3.69. The molecule has 2 rings (SSSR count). The van der Waals surface area contributed by atoms with Crippen LogP contribution in [0, 0.1) is 0 Å². The normalized spacial score (nSPS) is 12.4. The Morgan fingerprint density at radius 2 is 2.06 bits per heavy atom. The zero-order chi connectivity index (χ0) is 12.1. The van der Waals surface area contributed by atoms with Crippen molar-refractivity contribution in [3.05, 3.63) is 53.4 Å². The van der Waals surface area contributed by atoms with E-state index in [1.165, 1.54) is 0 Å². The van der Waals surface area contributed by atoms with E-state index in [-0.39, 0.29) is 5.92 Å². The Bertz CT molecular complexity index is 456. The minimum Gasteiger partial charge on any atom is -0.491 e. The van der Waals surface area contributed by atoms with Gasteiger partial charge in [0.25, 0.3) is 0 Å². The number of rotatable bonds is 5. The summed E-state index contributed by atoms with van der Waals surface area (Å²) in [5.74, 6) is 1.54. The zero-order valence-corrected chi connectivity index (χ0v) is 10.1. The topological polar surface area (TPSA) is 48.4 Å². The Morgan fingerprint density at radius 1 is 1.24 bits per heavy atom. The molecule has 1 aromatic heterocycles. The van der Waals surface area contributed by atoms with E-state index in [1.54, 1.807) is 12.3 Å². The summed E-state index contributed by atoms with van der Waals surface area (Å²) in [6, 6.07) is 11.1. The molecule has 17 heavy (non-hydrogen) atoms. The molecule has 0 aliphatic heterocycles. The standard InChI is InChI=1S/C13H14ClNO2/c14-11-4-1-2-5-13(11)17-9-10(8-15)12-6-3-7-16-12/h1-7,10H,8-9,15H2. The maximum Gasteiger partial charge on any atom is 0.137 e. The molecule has 1 heterocycles. The van der Waals surface area contributed by atoms with Gasteiger partial charge in [0, 0.05) is 6.54 Å². The van der Waals surface area contributed by atoms with E-state index >= 15 is 0 Å². The molecule has 0 aliphatic carbocycles. The lowest BCUT2D eigenvalue weighted by Crippen LogP contribution is -2.19. The van der Waals surface area contributed by atoms with Gasteiger partial charge in [0.1, 0.15) is 11.5 Å². The van der Waals surface area contributed by atoms with Gasteiger partial charge in [0.15, 0.2) is 0 Å². The second kappa shape index (κ2) is 5.75. The van der Waals surface area contributed by atoms with E-state index in [2.05, 4.69) is 0 Å². The van der Waals surface area contributed by atoms with E-state index in [4.69, 9.17) is 26.5 Å². The molecule has 0 spiro atoms. The van der Waals surface area contributed by atoms with Gasteiger partial charge >= 0.3 is 0 Å². The van der Waals surface area contributed by atoms with Crippen molar-refractivity contribution in [2.24, 2.45) is 5.73 Å². The molecule has 0 fully saturated rings. The van der Waals surface area contributed by atoms with Crippen LogP contribution in [0.4, 0.5) is 0 Å². The highest BCUT2D eigenvalue weighted by Gasteiger charge is 2.14. The van der Waals surface area contributed by atoms with Crippen LogP contribution in [-0.2, 0) is 0 Å². The number of halogens is 1. The van der Waals surface area contributed by atoms with E-state index in [0.717, 1.165) is 5.76 Å². The van der Waals surface area contributed by atoms with Crippen LogP contribution in [0.25, 0.3) is 0 Å². The summed E-state index contributed by atoms with van der Waals surface area (Å²) < 4.78 is 11.0. The Labute approximate surface area is 105 Å². The van der Waals surface area contributed by atoms with Crippen LogP contribution in [0.3, 0.4) is 0 Å². The molecular formula is C13H14ClNO2. The number of furan rings is 1. The van der Waals surface area contributed by atoms with Crippen molar-refractivity contribution < 1.29 is 9.15 Å². The monoisotopic (exact) mass is 251 g/mol. The average molecular weight is 252 g/mol. The van der Waals surface area contributed by atoms with E-state index < -0.39 is 0 Å². The van der Waals surface area contributed by atoms with Crippen molar-refractivity contribution >= 4 is 11.6 Å². The molecule has 2 aromatic rings. The van der Waals surface area contributed by atoms with Crippen LogP contribution in [0.1, 0.15) is 11.7 Å². The van der Waals surface area contributed by atoms with Gasteiger partial charge in [-0.25, -0.2) is 0 Å². The summed E-state index contributed by atoms with van der Waals surface area (Å²) >= 11 is 6.00. The first-order valence-electron chi connectivity index (χ1n) is 5.42. The molecule has 0 saturated carbocycles. The zero-order valence-electron chi connectivity index (χ0n) is 9.30. The lowest BCUT2D eigenvalue weighted by Gasteiger charge is -2.14. The minimum absolute atomic E-state index is 0.0428. The van der Waals surface area contributed by atoms with Gasteiger partial charge in [-0.1, -0.05) is 23.7 Å². The van der Waals surface area contributed by atoms with Crippen molar-refractivity contribution in [1.29, 1.82) is 0 Å². The fraction of sp³-hybridized carbons (Fsp3) is 0.231. The van der Waals surface area contributed by atoms with Crippen molar-refractivity contribution in [1.82, 2.24) is 0 Å². The van der Waals surface area contributed by atoms with Gasteiger partial charge in [-0.3, -0.25) is 0 Å². The van der Waals surface area contributed by atoms with Gasteiger partial charge in [-0.2, -0.15) is 0 Å². The molecule has 1 unspecified atom stereocenters. The third-order valence-electron chi connectivity index (χ3n) is 2.51. The SMILES string of the molecule is NCC(COc1ccccc1Cl)c1ccco1. The first-order valence-corrected chi connectivity index (χ1v) is 5.80. The van der Waals surface area contributed by atoms with Crippen molar-refractivity contribution in [3.63, 3.8) is 0 Å². The maximum absolute atomic E-state index is 6.00. The molecule has 0 radical (unpaired) electrons. The van der Waals surface area contributed by atoms with Crippen LogP contribution in [0.15, 0.2) is 47.1 Å². The van der Waals surface area contributed by atoms with Gasteiger partial charge in [-0.15, -0.1) is 0 Å². The summed E-state index contributed by atoms with van der Waals surface area (Å²) in [6.45, 7) is 0.922. The highest BCUT2D eigenvalue weighted by Crippen LogP contribution is 2.25. The highest BCUT2D eigenvalue weighted by atomic mass is 35.5. The molecule has 2 N–H and O–H groups in total. The van der Waals surface area contributed by atoms with E-state index in [9.17, 15) is 0 Å². The molecule has 4 heteroatoms. The summed E-state index contributed by atoms with van der Waals surface area (Å²) in [7, 11) is 0. The summed E-state index contributed by atoms with van der Waals surface area (Å²) in [6.07, 6.45) is 1.63. The van der Waals surface area contributed by atoms with Crippen molar-refractivity contribution in [2.75, 3.05) is 13.2 Å². The van der Waals surface area contributed by atoms with Gasteiger partial charge in [0.2, 0.25) is 0 Å². The van der Waals surface area contributed by atoms with Crippen LogP contribution >= 0.6 is 11.6 Å². The molecule has 0 bridgehead atoms. The molecule has 3 nitrogen and oxygen atoms in total. The Morgan fingerprint density at radius 3 is 2.71 bits per heavy atom. The van der Waals surface area contributed by atoms with Gasteiger partial charge < -0.3 is 14.9 Å². The largest absolute Gasteiger partial charge is 0.491 e. The van der Waals surface area contributed by atoms with Crippen LogP contribution in [0.2, 0.25) is 5.02 Å². The number of hydrogen-bond donors (Lipinski definition) is 1. The first kappa shape index (κ1) is 12.0. The molecule has 0 saturated heterocycles. The Hall–Kier alpha value is -1.45. The van der Waals surface area contributed by atoms with Crippen LogP contribution < -0.4 is 10.5 Å².